The third-order valence-corrected chi connectivity index (χ3v) is 17.7. The molecule has 5 nitrogen and oxygen atoms in total. The Labute approximate surface area is 206 Å². The molecule has 0 aliphatic heterocycles. The Hall–Kier alpha value is 0.0606. The lowest BCUT2D eigenvalue weighted by Crippen LogP contribution is -2.52. The van der Waals surface area contributed by atoms with E-state index in [1.54, 1.807) is 0 Å². The van der Waals surface area contributed by atoms with Crippen LogP contribution in [0.2, 0.25) is 45.8 Å². The third kappa shape index (κ3) is 17.5. The number of hydrogen-bond acceptors (Lipinski definition) is 5. The molecule has 0 aromatic rings. The van der Waals surface area contributed by atoms with E-state index in [-0.39, 0.29) is 22.9 Å². The SMILES string of the molecule is CC(C)CCCNC(=O)CCC(CC(=O)C(C)C)SC[Si](C)(C)O[Si](C)(C)O[Si](C)(C)C. The van der Waals surface area contributed by atoms with Crippen LogP contribution in [0.15, 0.2) is 0 Å². The third-order valence-electron chi connectivity index (χ3n) is 4.79. The van der Waals surface area contributed by atoms with Gasteiger partial charge in [-0.3, -0.25) is 9.59 Å². The van der Waals surface area contributed by atoms with Gasteiger partial charge in [0.15, 0.2) is 16.6 Å². The van der Waals surface area contributed by atoms with Crippen molar-refractivity contribution in [3.63, 3.8) is 0 Å². The molecular weight excluding hydrogens is 471 g/mol. The summed E-state index contributed by atoms with van der Waals surface area (Å²) in [5.74, 6) is 1.06. The van der Waals surface area contributed by atoms with Crippen molar-refractivity contribution in [3.05, 3.63) is 0 Å². The lowest BCUT2D eigenvalue weighted by Gasteiger charge is -2.37. The average Bonchev–Trinajstić information content (AvgIpc) is 2.57. The molecule has 0 rings (SSSR count). The summed E-state index contributed by atoms with van der Waals surface area (Å²) < 4.78 is 13.0. The van der Waals surface area contributed by atoms with E-state index in [1.165, 1.54) is 0 Å². The highest BCUT2D eigenvalue weighted by Crippen LogP contribution is 2.28. The van der Waals surface area contributed by atoms with Crippen LogP contribution in [0.4, 0.5) is 0 Å². The van der Waals surface area contributed by atoms with Gasteiger partial charge in [0, 0.05) is 35.9 Å². The molecule has 0 aliphatic rings. The summed E-state index contributed by atoms with van der Waals surface area (Å²) in [7, 11) is -5.80. The number of carbonyl (C=O) groups is 2. The van der Waals surface area contributed by atoms with Crippen LogP contribution in [0, 0.1) is 11.8 Å². The monoisotopic (exact) mass is 521 g/mol. The van der Waals surface area contributed by atoms with E-state index in [4.69, 9.17) is 8.23 Å². The van der Waals surface area contributed by atoms with Crippen molar-refractivity contribution in [1.82, 2.24) is 5.32 Å². The van der Waals surface area contributed by atoms with Crippen LogP contribution in [-0.2, 0) is 17.8 Å². The number of Topliss-reactive ketones (excluding diaryl/α,β-unsaturated/α-hetero) is 1. The summed E-state index contributed by atoms with van der Waals surface area (Å²) in [5, 5.41) is 4.10. The molecular formula is C23H51NO4SSi3. The van der Waals surface area contributed by atoms with E-state index in [9.17, 15) is 9.59 Å². The second kappa shape index (κ2) is 14.5. The summed E-state index contributed by atoms with van der Waals surface area (Å²) >= 11 is 1.82. The van der Waals surface area contributed by atoms with Crippen LogP contribution in [0.3, 0.4) is 0 Å². The summed E-state index contributed by atoms with van der Waals surface area (Å²) in [6, 6.07) is 0. The highest BCUT2D eigenvalue weighted by Gasteiger charge is 2.38. The smallest absolute Gasteiger partial charge is 0.311 e. The molecule has 0 aliphatic carbocycles. The number of thioether (sulfide) groups is 1. The molecule has 0 radical (unpaired) electrons. The first kappa shape index (κ1) is 32.1. The molecule has 9 heteroatoms. The second-order valence-corrected chi connectivity index (χ2v) is 26.0. The Morgan fingerprint density at radius 1 is 0.906 bits per heavy atom. The molecule has 0 bridgehead atoms. The number of hydrogen-bond donors (Lipinski definition) is 1. The van der Waals surface area contributed by atoms with Gasteiger partial charge >= 0.3 is 8.56 Å². The van der Waals surface area contributed by atoms with Gasteiger partial charge in [0.2, 0.25) is 5.91 Å². The fourth-order valence-electron chi connectivity index (χ4n) is 3.59. The van der Waals surface area contributed by atoms with Crippen molar-refractivity contribution in [2.45, 2.75) is 111 Å². The van der Waals surface area contributed by atoms with Gasteiger partial charge in [-0.15, -0.1) is 0 Å². The van der Waals surface area contributed by atoms with Gasteiger partial charge in [-0.1, -0.05) is 27.7 Å². The minimum absolute atomic E-state index is 0.0287. The van der Waals surface area contributed by atoms with E-state index < -0.39 is 25.2 Å². The van der Waals surface area contributed by atoms with Gasteiger partial charge in [-0.05, 0) is 71.0 Å². The van der Waals surface area contributed by atoms with Gasteiger partial charge in [0.25, 0.3) is 0 Å². The number of amides is 1. The number of rotatable bonds is 17. The van der Waals surface area contributed by atoms with E-state index >= 15 is 0 Å². The van der Waals surface area contributed by atoms with Crippen LogP contribution in [0.5, 0.6) is 0 Å². The molecule has 0 saturated carbocycles. The zero-order valence-corrected chi connectivity index (χ0v) is 26.5. The minimum atomic E-state index is -2.18. The molecule has 32 heavy (non-hydrogen) atoms. The lowest BCUT2D eigenvalue weighted by atomic mass is 10.0. The lowest BCUT2D eigenvalue weighted by molar-refractivity contribution is -0.123. The summed E-state index contributed by atoms with van der Waals surface area (Å²) in [4.78, 5) is 24.7. The van der Waals surface area contributed by atoms with E-state index in [2.05, 4.69) is 65.0 Å². The maximum absolute atomic E-state index is 12.4. The fourth-order valence-corrected chi connectivity index (χ4v) is 19.2. The van der Waals surface area contributed by atoms with Gasteiger partial charge in [0.1, 0.15) is 5.78 Å². The van der Waals surface area contributed by atoms with Gasteiger partial charge in [-0.25, -0.2) is 0 Å². The molecule has 1 atom stereocenters. The van der Waals surface area contributed by atoms with Gasteiger partial charge < -0.3 is 13.5 Å². The molecule has 190 valence electrons. The average molecular weight is 522 g/mol. The van der Waals surface area contributed by atoms with Gasteiger partial charge in [0.05, 0.1) is 0 Å². The van der Waals surface area contributed by atoms with E-state index in [0.29, 0.717) is 18.8 Å². The first-order valence-corrected chi connectivity index (χ1v) is 22.6. The summed E-state index contributed by atoms with van der Waals surface area (Å²) in [6.07, 6.45) is 3.88. The zero-order chi connectivity index (χ0) is 25.2. The second-order valence-electron chi connectivity index (χ2n) is 11.7. The van der Waals surface area contributed by atoms with Crippen molar-refractivity contribution in [2.75, 3.05) is 11.9 Å². The van der Waals surface area contributed by atoms with Crippen LogP contribution in [-0.4, -0.2) is 54.1 Å². The Morgan fingerprint density at radius 3 is 2.00 bits per heavy atom. The summed E-state index contributed by atoms with van der Waals surface area (Å²) in [6.45, 7) is 24.4. The molecule has 0 aromatic heterocycles. The molecule has 1 N–H and O–H groups in total. The first-order valence-electron chi connectivity index (χ1n) is 12.2. The van der Waals surface area contributed by atoms with Crippen LogP contribution < -0.4 is 5.32 Å². The molecule has 1 amide bonds. The Balaban J connectivity index is 4.83. The van der Waals surface area contributed by atoms with Crippen LogP contribution in [0.25, 0.3) is 0 Å². The van der Waals surface area contributed by atoms with Crippen molar-refractivity contribution >= 4 is 48.6 Å². The van der Waals surface area contributed by atoms with Crippen molar-refractivity contribution < 1.29 is 17.8 Å². The molecule has 0 aromatic carbocycles. The summed E-state index contributed by atoms with van der Waals surface area (Å²) in [5.41, 5.74) is 0. The van der Waals surface area contributed by atoms with E-state index in [0.717, 1.165) is 31.2 Å². The largest absolute Gasteiger partial charge is 0.437 e. The van der Waals surface area contributed by atoms with Crippen molar-refractivity contribution in [3.8, 4) is 0 Å². The molecule has 0 fully saturated rings. The van der Waals surface area contributed by atoms with Crippen molar-refractivity contribution in [2.24, 2.45) is 11.8 Å². The van der Waals surface area contributed by atoms with Crippen LogP contribution in [0.1, 0.15) is 59.8 Å². The Kier molecular flexibility index (Phi) is 14.5. The zero-order valence-electron chi connectivity index (χ0n) is 22.7. The van der Waals surface area contributed by atoms with Crippen molar-refractivity contribution in [1.29, 1.82) is 0 Å². The number of nitrogens with one attached hydrogen (secondary N) is 1. The predicted molar refractivity (Wildman–Crippen MR) is 148 cm³/mol. The molecule has 0 spiro atoms. The Morgan fingerprint density at radius 2 is 1.50 bits per heavy atom. The van der Waals surface area contributed by atoms with Gasteiger partial charge in [-0.2, -0.15) is 11.8 Å². The highest BCUT2D eigenvalue weighted by molar-refractivity contribution is 8.01. The van der Waals surface area contributed by atoms with E-state index in [1.807, 2.05) is 25.6 Å². The Bertz CT molecular complexity index is 578. The first-order chi connectivity index (χ1) is 14.4. The maximum atomic E-state index is 12.4. The molecule has 1 unspecified atom stereocenters. The normalized spacial score (nSPS) is 14.2. The number of carbonyl (C=O) groups excluding carboxylic acids is 2. The minimum Gasteiger partial charge on any atom is -0.437 e. The topological polar surface area (TPSA) is 64.6 Å². The molecule has 0 saturated heterocycles. The highest BCUT2D eigenvalue weighted by atomic mass is 32.2. The maximum Gasteiger partial charge on any atom is 0.311 e. The van der Waals surface area contributed by atoms with Crippen LogP contribution >= 0.6 is 11.8 Å². The fraction of sp³-hybridized carbons (Fsp3) is 0.913. The standard InChI is InChI=1S/C23H51NO4SSi3/c1-19(2)13-12-16-24-23(26)15-14-21(17-22(25)20(3)4)29-18-31(8,9)28-32(10,11)27-30(5,6)7/h19-21H,12-18H2,1-11H3,(H,24,26). The molecule has 0 heterocycles. The predicted octanol–water partition coefficient (Wildman–Crippen LogP) is 6.35. The quantitative estimate of drug-likeness (QED) is 0.178. The number of ketones is 1.